The van der Waals surface area contributed by atoms with Crippen LogP contribution in [0.5, 0.6) is 0 Å². The van der Waals surface area contributed by atoms with E-state index in [0.717, 1.165) is 15.7 Å². The molecule has 1 saturated heterocycles. The first-order valence-electron chi connectivity index (χ1n) is 7.21. The van der Waals surface area contributed by atoms with Gasteiger partial charge >= 0.3 is 0 Å². The molecule has 1 N–H and O–H groups in total. The van der Waals surface area contributed by atoms with Gasteiger partial charge in [-0.05, 0) is 30.7 Å². The van der Waals surface area contributed by atoms with E-state index in [0.29, 0.717) is 5.39 Å². The fourth-order valence-electron chi connectivity index (χ4n) is 2.72. The summed E-state index contributed by atoms with van der Waals surface area (Å²) in [6.45, 7) is 1.03. The molecule has 124 valence electrons. The van der Waals surface area contributed by atoms with E-state index >= 15 is 0 Å². The lowest BCUT2D eigenvalue weighted by Crippen LogP contribution is -2.57. The molecular weight excluding hydrogens is 384 g/mol. The number of hydrogen-bond acceptors (Lipinski definition) is 4. The van der Waals surface area contributed by atoms with Gasteiger partial charge in [0.1, 0.15) is 5.39 Å². The van der Waals surface area contributed by atoms with Crippen LogP contribution in [-0.4, -0.2) is 38.8 Å². The van der Waals surface area contributed by atoms with Gasteiger partial charge in [0.15, 0.2) is 5.65 Å². The number of anilines is 1. The van der Waals surface area contributed by atoms with Gasteiger partial charge in [-0.15, -0.1) is 5.10 Å². The van der Waals surface area contributed by atoms with E-state index in [9.17, 15) is 13.6 Å². The maximum absolute atomic E-state index is 13.0. The Morgan fingerprint density at radius 2 is 2.08 bits per heavy atom. The number of nitrogens with zero attached hydrogens (tertiary/aromatic N) is 4. The predicted octanol–water partition coefficient (Wildman–Crippen LogP) is 2.64. The molecule has 1 aliphatic rings. The van der Waals surface area contributed by atoms with Crippen molar-refractivity contribution in [1.29, 1.82) is 0 Å². The molecule has 9 heteroatoms. The number of aromatic nitrogens is 4. The molecule has 0 atom stereocenters. The molecule has 1 aliphatic heterocycles. The van der Waals surface area contributed by atoms with Gasteiger partial charge < -0.3 is 4.90 Å². The van der Waals surface area contributed by atoms with Crippen molar-refractivity contribution in [3.8, 4) is 5.69 Å². The molecule has 4 rings (SSSR count). The van der Waals surface area contributed by atoms with Crippen molar-refractivity contribution in [3.63, 3.8) is 0 Å². The maximum Gasteiger partial charge on any atom is 0.282 e. The van der Waals surface area contributed by atoms with Crippen LogP contribution in [0.25, 0.3) is 16.7 Å². The highest BCUT2D eigenvalue weighted by atomic mass is 79.9. The lowest BCUT2D eigenvalue weighted by Gasteiger charge is -2.38. The Balaban J connectivity index is 1.78. The second-order valence-electron chi connectivity index (χ2n) is 5.84. The van der Waals surface area contributed by atoms with Crippen molar-refractivity contribution < 1.29 is 8.78 Å². The van der Waals surface area contributed by atoms with E-state index in [2.05, 4.69) is 31.0 Å². The Bertz CT molecular complexity index is 1000. The average Bonchev–Trinajstić information content (AvgIpc) is 2.88. The molecule has 6 nitrogen and oxygen atoms in total. The van der Waals surface area contributed by atoms with Crippen LogP contribution in [0.3, 0.4) is 0 Å². The topological polar surface area (TPSA) is 66.8 Å². The monoisotopic (exact) mass is 395 g/mol. The summed E-state index contributed by atoms with van der Waals surface area (Å²) in [4.78, 5) is 20.3. The van der Waals surface area contributed by atoms with Gasteiger partial charge in [-0.1, -0.05) is 15.9 Å². The molecule has 0 radical (unpaired) electrons. The Labute approximate surface area is 143 Å². The zero-order chi connectivity index (χ0) is 17.1. The Morgan fingerprint density at radius 1 is 1.33 bits per heavy atom. The lowest BCUT2D eigenvalue weighted by molar-refractivity contribution is -0.0271. The third-order valence-corrected chi connectivity index (χ3v) is 4.42. The van der Waals surface area contributed by atoms with Crippen LogP contribution in [-0.2, 0) is 0 Å². The number of H-pyrrole nitrogens is 1. The van der Waals surface area contributed by atoms with Gasteiger partial charge in [-0.2, -0.15) is 4.98 Å². The molecule has 0 spiro atoms. The lowest BCUT2D eigenvalue weighted by atomic mass is 10.2. The van der Waals surface area contributed by atoms with E-state index in [-0.39, 0.29) is 11.6 Å². The van der Waals surface area contributed by atoms with E-state index in [4.69, 9.17) is 0 Å². The number of rotatable bonds is 2. The number of aryl methyl sites for hydroxylation is 1. The first-order chi connectivity index (χ1) is 11.3. The molecule has 0 saturated carbocycles. The molecule has 0 amide bonds. The highest BCUT2D eigenvalue weighted by Crippen LogP contribution is 2.29. The third-order valence-electron chi connectivity index (χ3n) is 3.93. The summed E-state index contributed by atoms with van der Waals surface area (Å²) >= 11 is 3.40. The molecule has 24 heavy (non-hydrogen) atoms. The zero-order valence-corrected chi connectivity index (χ0v) is 14.1. The van der Waals surface area contributed by atoms with Gasteiger partial charge in [0, 0.05) is 10.7 Å². The van der Waals surface area contributed by atoms with Gasteiger partial charge in [0.05, 0.1) is 18.8 Å². The summed E-state index contributed by atoms with van der Waals surface area (Å²) in [5.41, 5.74) is 1.61. The third kappa shape index (κ3) is 2.48. The molecule has 0 bridgehead atoms. The minimum Gasteiger partial charge on any atom is -0.330 e. The maximum atomic E-state index is 13.0. The first-order valence-corrected chi connectivity index (χ1v) is 8.01. The summed E-state index contributed by atoms with van der Waals surface area (Å²) in [5.74, 6) is -2.61. The SMILES string of the molecule is Cc1cc(Br)ccc1-n1cc2c(=O)[nH]c(N3CC(F)(F)C3)nc2n1. The number of aromatic amines is 1. The molecule has 0 unspecified atom stereocenters. The minimum absolute atomic E-state index is 0.121. The summed E-state index contributed by atoms with van der Waals surface area (Å²) in [5, 5.41) is 4.64. The Hall–Kier alpha value is -2.29. The van der Waals surface area contributed by atoms with E-state index < -0.39 is 24.6 Å². The van der Waals surface area contributed by atoms with Crippen molar-refractivity contribution >= 4 is 32.9 Å². The van der Waals surface area contributed by atoms with Gasteiger partial charge in [0.2, 0.25) is 5.95 Å². The van der Waals surface area contributed by atoms with Gasteiger partial charge in [-0.25, -0.2) is 13.5 Å². The van der Waals surface area contributed by atoms with Crippen LogP contribution in [0, 0.1) is 6.92 Å². The fraction of sp³-hybridized carbons (Fsp3) is 0.267. The van der Waals surface area contributed by atoms with E-state index in [1.165, 1.54) is 4.90 Å². The highest BCUT2D eigenvalue weighted by Gasteiger charge is 2.45. The molecule has 2 aromatic heterocycles. The fourth-order valence-corrected chi connectivity index (χ4v) is 3.19. The smallest absolute Gasteiger partial charge is 0.282 e. The van der Waals surface area contributed by atoms with E-state index in [1.807, 2.05) is 25.1 Å². The van der Waals surface area contributed by atoms with Crippen LogP contribution < -0.4 is 10.5 Å². The summed E-state index contributed by atoms with van der Waals surface area (Å²) < 4.78 is 28.5. The predicted molar refractivity (Wildman–Crippen MR) is 89.1 cm³/mol. The van der Waals surface area contributed by atoms with Crippen molar-refractivity contribution in [2.75, 3.05) is 18.0 Å². The molecule has 0 aliphatic carbocycles. The van der Waals surface area contributed by atoms with Crippen molar-refractivity contribution in [1.82, 2.24) is 19.7 Å². The number of alkyl halides is 2. The second kappa shape index (κ2) is 5.10. The van der Waals surface area contributed by atoms with Gasteiger partial charge in [-0.3, -0.25) is 9.78 Å². The van der Waals surface area contributed by atoms with Crippen molar-refractivity contribution in [2.24, 2.45) is 0 Å². The summed E-state index contributed by atoms with van der Waals surface area (Å²) in [7, 11) is 0. The van der Waals surface area contributed by atoms with Crippen LogP contribution in [0.1, 0.15) is 5.56 Å². The van der Waals surface area contributed by atoms with Crippen LogP contribution in [0.4, 0.5) is 14.7 Å². The van der Waals surface area contributed by atoms with Gasteiger partial charge in [0.25, 0.3) is 11.5 Å². The average molecular weight is 396 g/mol. The quantitative estimate of drug-likeness (QED) is 0.724. The number of halogens is 3. The van der Waals surface area contributed by atoms with Crippen LogP contribution in [0.15, 0.2) is 33.7 Å². The zero-order valence-electron chi connectivity index (χ0n) is 12.6. The number of nitrogens with one attached hydrogen (secondary N) is 1. The summed E-state index contributed by atoms with van der Waals surface area (Å²) in [6.07, 6.45) is 1.59. The Kier molecular flexibility index (Phi) is 3.24. The minimum atomic E-state index is -2.73. The molecule has 3 aromatic rings. The number of benzene rings is 1. The second-order valence-corrected chi connectivity index (χ2v) is 6.76. The van der Waals surface area contributed by atoms with E-state index in [1.54, 1.807) is 10.9 Å². The Morgan fingerprint density at radius 3 is 2.75 bits per heavy atom. The van der Waals surface area contributed by atoms with Crippen LogP contribution in [0.2, 0.25) is 0 Å². The largest absolute Gasteiger partial charge is 0.330 e. The van der Waals surface area contributed by atoms with Crippen molar-refractivity contribution in [2.45, 2.75) is 12.8 Å². The molecule has 1 fully saturated rings. The number of fused-ring (bicyclic) bond motifs is 1. The summed E-state index contributed by atoms with van der Waals surface area (Å²) in [6, 6.07) is 5.68. The normalized spacial score (nSPS) is 16.4. The first kappa shape index (κ1) is 15.3. The molecule has 3 heterocycles. The molecular formula is C15H12BrF2N5O. The number of hydrogen-bond donors (Lipinski definition) is 1. The van der Waals surface area contributed by atoms with Crippen LogP contribution >= 0.6 is 15.9 Å². The highest BCUT2D eigenvalue weighted by molar-refractivity contribution is 9.10. The standard InChI is InChI=1S/C15H12BrF2N5O/c1-8-4-9(16)2-3-11(8)23-5-10-12(21-23)19-14(20-13(10)24)22-6-15(17,18)7-22/h2-5H,6-7H2,1H3,(H,19,20,21,24). The molecule has 1 aromatic carbocycles. The van der Waals surface area contributed by atoms with Crippen molar-refractivity contribution in [3.05, 3.63) is 44.8 Å².